The van der Waals surface area contributed by atoms with Crippen LogP contribution in [0.4, 0.5) is 0 Å². The van der Waals surface area contributed by atoms with E-state index in [9.17, 15) is 9.59 Å². The predicted octanol–water partition coefficient (Wildman–Crippen LogP) is 0.361. The normalized spacial score (nSPS) is 35.1. The van der Waals surface area contributed by atoms with Gasteiger partial charge in [0.1, 0.15) is 0 Å². The van der Waals surface area contributed by atoms with Gasteiger partial charge in [0.15, 0.2) is 0 Å². The van der Waals surface area contributed by atoms with Gasteiger partial charge < -0.3 is 15.5 Å². The maximum atomic E-state index is 12.7. The Labute approximate surface area is 120 Å². The van der Waals surface area contributed by atoms with Gasteiger partial charge in [0.2, 0.25) is 11.8 Å². The molecule has 0 aromatic rings. The van der Waals surface area contributed by atoms with E-state index in [0.29, 0.717) is 12.5 Å². The van der Waals surface area contributed by atoms with Crippen LogP contribution in [0.25, 0.3) is 0 Å². The lowest BCUT2D eigenvalue weighted by Crippen LogP contribution is -2.41. The number of amides is 2. The molecular formula is C15H25N3O2. The molecule has 2 amide bonds. The molecule has 5 nitrogen and oxygen atoms in total. The van der Waals surface area contributed by atoms with Gasteiger partial charge in [-0.15, -0.1) is 0 Å². The van der Waals surface area contributed by atoms with Gasteiger partial charge in [-0.25, -0.2) is 0 Å². The standard InChI is InChI=1S/C15H25N3O2/c1-14(13(20)16-2)5-8-18(10-14)12(19)11-9-15(11)3-6-17-7-4-15/h11,17H,3-10H2,1-2H3,(H,16,20). The van der Waals surface area contributed by atoms with Crippen molar-refractivity contribution in [2.45, 2.75) is 32.6 Å². The highest BCUT2D eigenvalue weighted by Crippen LogP contribution is 2.59. The van der Waals surface area contributed by atoms with Gasteiger partial charge in [-0.1, -0.05) is 0 Å². The van der Waals surface area contributed by atoms with E-state index in [1.165, 1.54) is 0 Å². The van der Waals surface area contributed by atoms with Gasteiger partial charge in [-0.05, 0) is 51.1 Å². The second-order valence-corrected chi connectivity index (χ2v) is 7.02. The van der Waals surface area contributed by atoms with Crippen LogP contribution < -0.4 is 10.6 Å². The quantitative estimate of drug-likeness (QED) is 0.767. The monoisotopic (exact) mass is 279 g/mol. The van der Waals surface area contributed by atoms with E-state index in [0.717, 1.165) is 45.3 Å². The molecule has 5 heteroatoms. The van der Waals surface area contributed by atoms with Crippen LogP contribution in [-0.2, 0) is 9.59 Å². The van der Waals surface area contributed by atoms with Crippen molar-refractivity contribution >= 4 is 11.8 Å². The van der Waals surface area contributed by atoms with Gasteiger partial charge in [-0.2, -0.15) is 0 Å². The van der Waals surface area contributed by atoms with Crippen LogP contribution >= 0.6 is 0 Å². The summed E-state index contributed by atoms with van der Waals surface area (Å²) in [6.07, 6.45) is 4.09. The summed E-state index contributed by atoms with van der Waals surface area (Å²) in [6, 6.07) is 0. The van der Waals surface area contributed by atoms with Crippen LogP contribution in [0, 0.1) is 16.7 Å². The van der Waals surface area contributed by atoms with E-state index in [1.807, 2.05) is 11.8 Å². The summed E-state index contributed by atoms with van der Waals surface area (Å²) < 4.78 is 0. The summed E-state index contributed by atoms with van der Waals surface area (Å²) >= 11 is 0. The minimum atomic E-state index is -0.402. The van der Waals surface area contributed by atoms with Gasteiger partial charge in [0, 0.05) is 26.1 Å². The van der Waals surface area contributed by atoms with Crippen molar-refractivity contribution < 1.29 is 9.59 Å². The van der Waals surface area contributed by atoms with E-state index in [-0.39, 0.29) is 17.2 Å². The molecule has 1 aliphatic carbocycles. The molecule has 1 spiro atoms. The zero-order valence-corrected chi connectivity index (χ0v) is 12.5. The highest BCUT2D eigenvalue weighted by molar-refractivity contribution is 5.87. The highest BCUT2D eigenvalue weighted by atomic mass is 16.2. The zero-order chi connectivity index (χ0) is 14.4. The Morgan fingerprint density at radius 3 is 2.60 bits per heavy atom. The fraction of sp³-hybridized carbons (Fsp3) is 0.867. The first-order valence-electron chi connectivity index (χ1n) is 7.72. The number of piperidine rings is 1. The molecule has 2 unspecified atom stereocenters. The maximum Gasteiger partial charge on any atom is 0.227 e. The fourth-order valence-corrected chi connectivity index (χ4v) is 4.03. The second kappa shape index (κ2) is 4.72. The van der Waals surface area contributed by atoms with Crippen LogP contribution in [0.5, 0.6) is 0 Å². The highest BCUT2D eigenvalue weighted by Gasteiger charge is 2.59. The van der Waals surface area contributed by atoms with Crippen LogP contribution in [-0.4, -0.2) is 49.9 Å². The molecule has 0 aromatic heterocycles. The third kappa shape index (κ3) is 2.12. The molecule has 1 saturated carbocycles. The SMILES string of the molecule is CNC(=O)C1(C)CCN(C(=O)C2CC23CCNCC3)C1. The van der Waals surface area contributed by atoms with Crippen molar-refractivity contribution in [3.8, 4) is 0 Å². The summed E-state index contributed by atoms with van der Waals surface area (Å²) in [4.78, 5) is 26.5. The van der Waals surface area contributed by atoms with Gasteiger partial charge in [0.05, 0.1) is 5.41 Å². The molecule has 112 valence electrons. The molecule has 0 bridgehead atoms. The topological polar surface area (TPSA) is 61.4 Å². The van der Waals surface area contributed by atoms with Gasteiger partial charge >= 0.3 is 0 Å². The zero-order valence-electron chi connectivity index (χ0n) is 12.5. The molecule has 2 aliphatic heterocycles. The molecule has 2 saturated heterocycles. The van der Waals surface area contributed by atoms with Crippen molar-refractivity contribution in [2.75, 3.05) is 33.2 Å². The lowest BCUT2D eigenvalue weighted by molar-refractivity contribution is -0.134. The van der Waals surface area contributed by atoms with E-state index in [1.54, 1.807) is 7.05 Å². The number of likely N-dealkylation sites (tertiary alicyclic amines) is 1. The lowest BCUT2D eigenvalue weighted by Gasteiger charge is -2.26. The molecule has 20 heavy (non-hydrogen) atoms. The van der Waals surface area contributed by atoms with Crippen LogP contribution in [0.2, 0.25) is 0 Å². The van der Waals surface area contributed by atoms with Crippen molar-refractivity contribution in [1.82, 2.24) is 15.5 Å². The van der Waals surface area contributed by atoms with E-state index < -0.39 is 5.41 Å². The van der Waals surface area contributed by atoms with E-state index >= 15 is 0 Å². The molecular weight excluding hydrogens is 254 g/mol. The molecule has 3 fully saturated rings. The Morgan fingerprint density at radius 1 is 1.25 bits per heavy atom. The Kier molecular flexibility index (Phi) is 3.27. The first-order valence-corrected chi connectivity index (χ1v) is 7.72. The molecule has 2 N–H and O–H groups in total. The largest absolute Gasteiger partial charge is 0.359 e. The molecule has 3 aliphatic rings. The lowest BCUT2D eigenvalue weighted by atomic mass is 9.89. The molecule has 3 rings (SSSR count). The average Bonchev–Trinajstić information content (AvgIpc) is 2.98. The smallest absolute Gasteiger partial charge is 0.227 e. The third-order valence-electron chi connectivity index (χ3n) is 5.65. The van der Waals surface area contributed by atoms with E-state index in [4.69, 9.17) is 0 Å². The minimum absolute atomic E-state index is 0.0557. The summed E-state index contributed by atoms with van der Waals surface area (Å²) in [6.45, 7) is 5.36. The summed E-state index contributed by atoms with van der Waals surface area (Å²) in [5.41, 5.74) is -0.116. The Hall–Kier alpha value is -1.10. The number of nitrogens with one attached hydrogen (secondary N) is 2. The van der Waals surface area contributed by atoms with Crippen molar-refractivity contribution in [3.05, 3.63) is 0 Å². The third-order valence-corrected chi connectivity index (χ3v) is 5.65. The summed E-state index contributed by atoms with van der Waals surface area (Å²) in [7, 11) is 1.67. The Balaban J connectivity index is 1.61. The number of hydrogen-bond acceptors (Lipinski definition) is 3. The van der Waals surface area contributed by atoms with Crippen LogP contribution in [0.15, 0.2) is 0 Å². The molecule has 2 heterocycles. The molecule has 2 atom stereocenters. The Morgan fingerprint density at radius 2 is 1.95 bits per heavy atom. The molecule has 0 radical (unpaired) electrons. The van der Waals surface area contributed by atoms with Crippen LogP contribution in [0.1, 0.15) is 32.6 Å². The fourth-order valence-electron chi connectivity index (χ4n) is 4.03. The number of rotatable bonds is 2. The van der Waals surface area contributed by atoms with Gasteiger partial charge in [-0.3, -0.25) is 9.59 Å². The maximum absolute atomic E-state index is 12.7. The second-order valence-electron chi connectivity index (χ2n) is 7.02. The summed E-state index contributed by atoms with van der Waals surface area (Å²) in [5.74, 6) is 0.566. The van der Waals surface area contributed by atoms with E-state index in [2.05, 4.69) is 10.6 Å². The minimum Gasteiger partial charge on any atom is -0.359 e. The number of carbonyl (C=O) groups is 2. The van der Waals surface area contributed by atoms with Crippen LogP contribution in [0.3, 0.4) is 0 Å². The number of carbonyl (C=O) groups excluding carboxylic acids is 2. The van der Waals surface area contributed by atoms with Crippen molar-refractivity contribution in [2.24, 2.45) is 16.7 Å². The van der Waals surface area contributed by atoms with Gasteiger partial charge in [0.25, 0.3) is 0 Å². The first kappa shape index (κ1) is 13.9. The number of nitrogens with zero attached hydrogens (tertiary/aromatic N) is 1. The average molecular weight is 279 g/mol. The van der Waals surface area contributed by atoms with Crippen molar-refractivity contribution in [1.29, 1.82) is 0 Å². The van der Waals surface area contributed by atoms with Crippen molar-refractivity contribution in [3.63, 3.8) is 0 Å². The Bertz CT molecular complexity index is 431. The predicted molar refractivity (Wildman–Crippen MR) is 76.0 cm³/mol. The first-order chi connectivity index (χ1) is 9.51. The summed E-state index contributed by atoms with van der Waals surface area (Å²) in [5, 5.41) is 6.09. The number of hydrogen-bond donors (Lipinski definition) is 2. The molecule has 0 aromatic carbocycles.